The van der Waals surface area contributed by atoms with Crippen LogP contribution in [0.4, 0.5) is 0 Å². The minimum Gasteiger partial charge on any atom is -0.309 e. The lowest BCUT2D eigenvalue weighted by Gasteiger charge is -2.12. The van der Waals surface area contributed by atoms with Crippen molar-refractivity contribution < 1.29 is 0 Å². The summed E-state index contributed by atoms with van der Waals surface area (Å²) in [5.41, 5.74) is 6.83. The topological polar surface area (TPSA) is 22.8 Å². The molecule has 6 rings (SSSR count). The molecule has 0 atom stereocenters. The Labute approximate surface area is 181 Å². The zero-order chi connectivity index (χ0) is 19.4. The second-order valence-corrected chi connectivity index (χ2v) is 8.06. The predicted molar refractivity (Wildman–Crippen MR) is 128 cm³/mol. The zero-order valence-corrected chi connectivity index (χ0v) is 17.6. The summed E-state index contributed by atoms with van der Waals surface area (Å²) in [4.78, 5) is 4.72. The van der Waals surface area contributed by atoms with Gasteiger partial charge in [0.05, 0.1) is 27.8 Å². The summed E-state index contributed by atoms with van der Waals surface area (Å²) in [6, 6.07) is 34.2. The molecule has 6 aromatic rings. The molecule has 2 aromatic heterocycles. The number of benzene rings is 4. The first kappa shape index (κ1) is 16.8. The van der Waals surface area contributed by atoms with E-state index in [0.717, 1.165) is 26.2 Å². The Morgan fingerprint density at radius 1 is 0.552 bits per heavy atom. The smallest absolute Gasteiger partial charge is 0.177 e. The van der Waals surface area contributed by atoms with Crippen LogP contribution in [0.25, 0.3) is 44.2 Å². The first-order chi connectivity index (χ1) is 14.3. The molecule has 29 heavy (non-hydrogen) atoms. The largest absolute Gasteiger partial charge is 0.309 e. The van der Waals surface area contributed by atoms with Crippen molar-refractivity contribution in [2.75, 3.05) is 0 Å². The van der Waals surface area contributed by atoms with Gasteiger partial charge in [-0.1, -0.05) is 54.6 Å². The quantitative estimate of drug-likeness (QED) is 0.250. The first-order valence-corrected chi connectivity index (χ1v) is 10.6. The Morgan fingerprint density at radius 2 is 1.10 bits per heavy atom. The van der Waals surface area contributed by atoms with E-state index in [2.05, 4.69) is 123 Å². The fraction of sp³-hybridized carbons (Fsp3) is 0. The van der Waals surface area contributed by atoms with E-state index in [1.165, 1.54) is 21.8 Å². The molecule has 4 aromatic carbocycles. The van der Waals surface area contributed by atoms with Crippen LogP contribution < -0.4 is 0 Å². The molecule has 3 nitrogen and oxygen atoms in total. The van der Waals surface area contributed by atoms with Crippen LogP contribution >= 0.6 is 22.6 Å². The Balaban J connectivity index is 1.65. The maximum absolute atomic E-state index is 4.72. The van der Waals surface area contributed by atoms with Gasteiger partial charge in [0.25, 0.3) is 0 Å². The second kappa shape index (κ2) is 6.46. The van der Waals surface area contributed by atoms with Crippen LogP contribution in [0.15, 0.2) is 97.1 Å². The third kappa shape index (κ3) is 2.52. The third-order valence-electron chi connectivity index (χ3n) is 5.45. The molecule has 0 aliphatic heterocycles. The Kier molecular flexibility index (Phi) is 3.74. The first-order valence-electron chi connectivity index (χ1n) is 9.53. The van der Waals surface area contributed by atoms with Crippen LogP contribution in [0.3, 0.4) is 0 Å². The minimum absolute atomic E-state index is 0.961. The van der Waals surface area contributed by atoms with Gasteiger partial charge in [-0.15, -0.1) is 0 Å². The lowest BCUT2D eigenvalue weighted by atomic mass is 10.2. The molecule has 0 aliphatic carbocycles. The van der Waals surface area contributed by atoms with Gasteiger partial charge in [0.1, 0.15) is 0 Å². The number of halogens is 1. The minimum atomic E-state index is 0.961. The normalized spacial score (nSPS) is 11.6. The van der Waals surface area contributed by atoms with E-state index in [4.69, 9.17) is 4.98 Å². The molecule has 0 saturated heterocycles. The highest BCUT2D eigenvalue weighted by atomic mass is 127. The van der Waals surface area contributed by atoms with Crippen molar-refractivity contribution in [2.45, 2.75) is 0 Å². The van der Waals surface area contributed by atoms with Crippen LogP contribution in [-0.4, -0.2) is 14.1 Å². The second-order valence-electron chi connectivity index (χ2n) is 7.09. The standard InChI is InChI=1S/C25H16IN3/c26-25-27-21-12-3-6-15-24(21)29(25)18-9-7-8-17(16-18)28-22-13-4-1-10-19(22)20-11-2-5-14-23(20)28/h1-16H. The van der Waals surface area contributed by atoms with Crippen molar-refractivity contribution in [3.63, 3.8) is 0 Å². The molecule has 4 heteroatoms. The monoisotopic (exact) mass is 485 g/mol. The highest BCUT2D eigenvalue weighted by molar-refractivity contribution is 14.1. The van der Waals surface area contributed by atoms with E-state index in [1.54, 1.807) is 0 Å². The maximum atomic E-state index is 4.72. The summed E-state index contributed by atoms with van der Waals surface area (Å²) < 4.78 is 5.52. The molecular weight excluding hydrogens is 469 g/mol. The van der Waals surface area contributed by atoms with E-state index in [-0.39, 0.29) is 0 Å². The van der Waals surface area contributed by atoms with Crippen LogP contribution in [0, 0.1) is 3.83 Å². The number of para-hydroxylation sites is 4. The molecule has 0 aliphatic rings. The molecule has 0 spiro atoms. The number of nitrogens with zero attached hydrogens (tertiary/aromatic N) is 3. The van der Waals surface area contributed by atoms with E-state index in [1.807, 2.05) is 6.07 Å². The predicted octanol–water partition coefficient (Wildman–Crippen LogP) is 6.73. The molecular formula is C25H16IN3. The molecule has 0 radical (unpaired) electrons. The van der Waals surface area contributed by atoms with Crippen LogP contribution in [0.2, 0.25) is 0 Å². The van der Waals surface area contributed by atoms with Crippen molar-refractivity contribution >= 4 is 55.4 Å². The van der Waals surface area contributed by atoms with Gasteiger partial charge in [0.15, 0.2) is 3.83 Å². The number of rotatable bonds is 2. The summed E-state index contributed by atoms with van der Waals surface area (Å²) in [5.74, 6) is 0. The van der Waals surface area contributed by atoms with Crippen molar-refractivity contribution in [2.24, 2.45) is 0 Å². The van der Waals surface area contributed by atoms with E-state index in [0.29, 0.717) is 0 Å². The lowest BCUT2D eigenvalue weighted by molar-refractivity contribution is 1.03. The number of fused-ring (bicyclic) bond motifs is 4. The van der Waals surface area contributed by atoms with Crippen LogP contribution in [0.5, 0.6) is 0 Å². The molecule has 0 fully saturated rings. The van der Waals surface area contributed by atoms with Crippen molar-refractivity contribution in [3.8, 4) is 11.4 Å². The zero-order valence-electron chi connectivity index (χ0n) is 15.5. The molecule has 0 bridgehead atoms. The fourth-order valence-corrected chi connectivity index (χ4v) is 5.01. The van der Waals surface area contributed by atoms with Gasteiger partial charge in [0, 0.05) is 39.1 Å². The summed E-state index contributed by atoms with van der Waals surface area (Å²) >= 11 is 2.32. The summed E-state index contributed by atoms with van der Waals surface area (Å²) in [6.45, 7) is 0. The van der Waals surface area contributed by atoms with E-state index < -0.39 is 0 Å². The fourth-order valence-electron chi connectivity index (χ4n) is 4.21. The summed E-state index contributed by atoms with van der Waals surface area (Å²) in [5, 5.41) is 2.55. The van der Waals surface area contributed by atoms with Crippen molar-refractivity contribution in [3.05, 3.63) is 101 Å². The van der Waals surface area contributed by atoms with E-state index >= 15 is 0 Å². The van der Waals surface area contributed by atoms with Crippen LogP contribution in [0.1, 0.15) is 0 Å². The number of hydrogen-bond acceptors (Lipinski definition) is 1. The number of hydrogen-bond donors (Lipinski definition) is 0. The average molecular weight is 485 g/mol. The highest BCUT2D eigenvalue weighted by Gasteiger charge is 2.14. The van der Waals surface area contributed by atoms with Gasteiger partial charge < -0.3 is 4.57 Å². The van der Waals surface area contributed by atoms with Gasteiger partial charge in [-0.05, 0) is 42.5 Å². The molecule has 0 saturated carbocycles. The summed E-state index contributed by atoms with van der Waals surface area (Å²) in [7, 11) is 0. The average Bonchev–Trinajstić information content (AvgIpc) is 3.28. The molecule has 0 N–H and O–H groups in total. The number of imidazole rings is 1. The maximum Gasteiger partial charge on any atom is 0.177 e. The van der Waals surface area contributed by atoms with Gasteiger partial charge in [0.2, 0.25) is 0 Å². The molecule has 0 unspecified atom stereocenters. The lowest BCUT2D eigenvalue weighted by Crippen LogP contribution is -2.00. The molecule has 138 valence electrons. The van der Waals surface area contributed by atoms with Gasteiger partial charge >= 0.3 is 0 Å². The van der Waals surface area contributed by atoms with Gasteiger partial charge in [-0.25, -0.2) is 4.98 Å². The van der Waals surface area contributed by atoms with Gasteiger partial charge in [-0.2, -0.15) is 0 Å². The van der Waals surface area contributed by atoms with Crippen molar-refractivity contribution in [1.82, 2.24) is 14.1 Å². The Bertz CT molecular complexity index is 1470. The van der Waals surface area contributed by atoms with Gasteiger partial charge in [-0.3, -0.25) is 4.57 Å². The van der Waals surface area contributed by atoms with Crippen LogP contribution in [-0.2, 0) is 0 Å². The Morgan fingerprint density at radius 3 is 1.79 bits per heavy atom. The Hall–Kier alpha value is -3.12. The number of aromatic nitrogens is 3. The molecule has 2 heterocycles. The summed E-state index contributed by atoms with van der Waals surface area (Å²) in [6.07, 6.45) is 0. The molecule has 0 amide bonds. The third-order valence-corrected chi connectivity index (χ3v) is 6.17. The highest BCUT2D eigenvalue weighted by Crippen LogP contribution is 2.32. The SMILES string of the molecule is Ic1nc2ccccc2n1-c1cccc(-n2c3ccccc3c3ccccc32)c1. The van der Waals surface area contributed by atoms with E-state index in [9.17, 15) is 0 Å². The van der Waals surface area contributed by atoms with Crippen molar-refractivity contribution in [1.29, 1.82) is 0 Å².